The average Bonchev–Trinajstić information content (AvgIpc) is 2.37. The SMILES string of the molecule is O=[N+]([O-])c1cnc(Cl)nc1NN1CCC2(CCO2)CC1. The summed E-state index contributed by atoms with van der Waals surface area (Å²) in [6, 6.07) is 0. The summed E-state index contributed by atoms with van der Waals surface area (Å²) in [5.41, 5.74) is 2.81. The van der Waals surface area contributed by atoms with E-state index in [1.165, 1.54) is 0 Å². The number of nitro groups is 1. The van der Waals surface area contributed by atoms with Gasteiger partial charge in [-0.3, -0.25) is 15.5 Å². The third kappa shape index (κ3) is 2.54. The van der Waals surface area contributed by atoms with Crippen molar-refractivity contribution in [1.82, 2.24) is 15.0 Å². The molecule has 1 spiro atoms. The molecule has 20 heavy (non-hydrogen) atoms. The van der Waals surface area contributed by atoms with Gasteiger partial charge >= 0.3 is 5.69 Å². The Labute approximate surface area is 120 Å². The van der Waals surface area contributed by atoms with Crippen LogP contribution in [0.25, 0.3) is 0 Å². The summed E-state index contributed by atoms with van der Waals surface area (Å²) in [5, 5.41) is 12.8. The molecular weight excluding hydrogens is 286 g/mol. The van der Waals surface area contributed by atoms with Gasteiger partial charge in [0, 0.05) is 13.1 Å². The summed E-state index contributed by atoms with van der Waals surface area (Å²) in [7, 11) is 0. The molecule has 0 unspecified atom stereocenters. The van der Waals surface area contributed by atoms with Gasteiger partial charge in [-0.25, -0.2) is 9.99 Å². The fourth-order valence-electron chi connectivity index (χ4n) is 2.53. The third-order valence-electron chi connectivity index (χ3n) is 3.84. The van der Waals surface area contributed by atoms with Crippen molar-refractivity contribution in [1.29, 1.82) is 0 Å². The van der Waals surface area contributed by atoms with Gasteiger partial charge < -0.3 is 4.74 Å². The highest BCUT2D eigenvalue weighted by Crippen LogP contribution is 2.36. The van der Waals surface area contributed by atoms with Crippen LogP contribution in [-0.2, 0) is 4.74 Å². The van der Waals surface area contributed by atoms with Gasteiger partial charge in [0.1, 0.15) is 6.20 Å². The zero-order valence-corrected chi connectivity index (χ0v) is 11.5. The normalized spacial score (nSPS) is 21.4. The zero-order valence-electron chi connectivity index (χ0n) is 10.7. The van der Waals surface area contributed by atoms with Crippen LogP contribution in [-0.4, -0.2) is 45.2 Å². The van der Waals surface area contributed by atoms with E-state index < -0.39 is 4.92 Å². The van der Waals surface area contributed by atoms with Gasteiger partial charge in [-0.15, -0.1) is 0 Å². The van der Waals surface area contributed by atoms with Gasteiger partial charge in [0.25, 0.3) is 0 Å². The second-order valence-corrected chi connectivity index (χ2v) is 5.35. The largest absolute Gasteiger partial charge is 0.375 e. The van der Waals surface area contributed by atoms with Crippen LogP contribution in [0, 0.1) is 10.1 Å². The van der Waals surface area contributed by atoms with Gasteiger partial charge in [-0.2, -0.15) is 4.98 Å². The van der Waals surface area contributed by atoms with E-state index in [1.807, 2.05) is 5.01 Å². The molecule has 0 saturated carbocycles. The molecule has 2 saturated heterocycles. The van der Waals surface area contributed by atoms with Crippen molar-refractivity contribution >= 4 is 23.1 Å². The van der Waals surface area contributed by atoms with E-state index in [4.69, 9.17) is 16.3 Å². The number of nitrogens with one attached hydrogen (secondary N) is 1. The maximum Gasteiger partial charge on any atom is 0.330 e. The second kappa shape index (κ2) is 5.12. The Kier molecular flexibility index (Phi) is 3.45. The Hall–Kier alpha value is -1.51. The number of piperidine rings is 1. The van der Waals surface area contributed by atoms with E-state index in [0.29, 0.717) is 0 Å². The first-order valence-electron chi connectivity index (χ1n) is 6.40. The Morgan fingerprint density at radius 2 is 2.15 bits per heavy atom. The van der Waals surface area contributed by atoms with Crippen LogP contribution in [0.3, 0.4) is 0 Å². The standard InChI is InChI=1S/C11H14ClN5O3/c12-10-13-7-8(17(18)19)9(14-10)15-16-4-1-11(2-5-16)3-6-20-11/h7H,1-6H2,(H,13,14,15). The highest BCUT2D eigenvalue weighted by atomic mass is 35.5. The first-order chi connectivity index (χ1) is 9.58. The van der Waals surface area contributed by atoms with E-state index in [2.05, 4.69) is 15.4 Å². The Morgan fingerprint density at radius 3 is 2.70 bits per heavy atom. The van der Waals surface area contributed by atoms with Gasteiger partial charge in [0.15, 0.2) is 0 Å². The monoisotopic (exact) mass is 299 g/mol. The molecule has 1 aromatic heterocycles. The van der Waals surface area contributed by atoms with E-state index in [0.717, 1.165) is 45.2 Å². The molecule has 0 bridgehead atoms. The number of rotatable bonds is 3. The first kappa shape index (κ1) is 13.5. The molecule has 8 nitrogen and oxygen atoms in total. The average molecular weight is 300 g/mol. The number of hydrogen-bond acceptors (Lipinski definition) is 7. The number of ether oxygens (including phenoxy) is 1. The van der Waals surface area contributed by atoms with Crippen LogP contribution in [0.2, 0.25) is 5.28 Å². The minimum absolute atomic E-state index is 0.0195. The van der Waals surface area contributed by atoms with Crippen molar-refractivity contribution in [2.45, 2.75) is 24.9 Å². The van der Waals surface area contributed by atoms with Crippen LogP contribution in [0.5, 0.6) is 0 Å². The molecule has 2 aliphatic rings. The number of hydrogen-bond donors (Lipinski definition) is 1. The fraction of sp³-hybridized carbons (Fsp3) is 0.636. The number of nitrogens with zero attached hydrogens (tertiary/aromatic N) is 4. The highest BCUT2D eigenvalue weighted by Gasteiger charge is 2.41. The molecule has 2 fully saturated rings. The number of halogens is 1. The van der Waals surface area contributed by atoms with Gasteiger partial charge in [-0.1, -0.05) is 0 Å². The van der Waals surface area contributed by atoms with E-state index in [1.54, 1.807) is 0 Å². The van der Waals surface area contributed by atoms with Crippen molar-refractivity contribution in [3.63, 3.8) is 0 Å². The Bertz CT molecular complexity index is 527. The third-order valence-corrected chi connectivity index (χ3v) is 4.02. The van der Waals surface area contributed by atoms with Gasteiger partial charge in [0.05, 0.1) is 17.1 Å². The molecule has 0 radical (unpaired) electrons. The van der Waals surface area contributed by atoms with Crippen LogP contribution in [0.15, 0.2) is 6.20 Å². The number of hydrazine groups is 1. The van der Waals surface area contributed by atoms with Gasteiger partial charge in [0.2, 0.25) is 11.1 Å². The van der Waals surface area contributed by atoms with Crippen molar-refractivity contribution in [3.8, 4) is 0 Å². The predicted octanol–water partition coefficient (Wildman–Crippen LogP) is 1.62. The van der Waals surface area contributed by atoms with Crippen LogP contribution >= 0.6 is 11.6 Å². The molecule has 108 valence electrons. The lowest BCUT2D eigenvalue weighted by Gasteiger charge is -2.47. The van der Waals surface area contributed by atoms with Crippen LogP contribution in [0.4, 0.5) is 11.5 Å². The van der Waals surface area contributed by atoms with Crippen molar-refractivity contribution in [2.75, 3.05) is 25.1 Å². The topological polar surface area (TPSA) is 93.4 Å². The van der Waals surface area contributed by atoms with Crippen LogP contribution < -0.4 is 5.43 Å². The van der Waals surface area contributed by atoms with Gasteiger partial charge in [-0.05, 0) is 30.9 Å². The first-order valence-corrected chi connectivity index (χ1v) is 6.78. The summed E-state index contributed by atoms with van der Waals surface area (Å²) < 4.78 is 5.63. The van der Waals surface area contributed by atoms with Crippen molar-refractivity contribution in [2.24, 2.45) is 0 Å². The lowest BCUT2D eigenvalue weighted by Crippen LogP contribution is -2.53. The molecule has 2 aliphatic heterocycles. The lowest BCUT2D eigenvalue weighted by molar-refractivity contribution is -0.384. The van der Waals surface area contributed by atoms with Crippen LogP contribution in [0.1, 0.15) is 19.3 Å². The number of aromatic nitrogens is 2. The highest BCUT2D eigenvalue weighted by molar-refractivity contribution is 6.28. The molecule has 0 atom stereocenters. The minimum Gasteiger partial charge on any atom is -0.375 e. The molecule has 3 rings (SSSR count). The maximum atomic E-state index is 10.9. The molecule has 0 amide bonds. The Balaban J connectivity index is 1.69. The minimum atomic E-state index is -0.529. The predicted molar refractivity (Wildman–Crippen MR) is 71.4 cm³/mol. The van der Waals surface area contributed by atoms with Crippen molar-refractivity contribution < 1.29 is 9.66 Å². The molecule has 1 aromatic rings. The summed E-state index contributed by atoms with van der Waals surface area (Å²) in [5.74, 6) is 0.125. The van der Waals surface area contributed by atoms with E-state index in [9.17, 15) is 10.1 Å². The summed E-state index contributed by atoms with van der Waals surface area (Å²) in [6.45, 7) is 2.33. The summed E-state index contributed by atoms with van der Waals surface area (Å²) in [4.78, 5) is 17.9. The van der Waals surface area contributed by atoms with E-state index >= 15 is 0 Å². The molecule has 0 aliphatic carbocycles. The Morgan fingerprint density at radius 1 is 1.45 bits per heavy atom. The van der Waals surface area contributed by atoms with E-state index in [-0.39, 0.29) is 22.4 Å². The number of anilines is 1. The zero-order chi connectivity index (χ0) is 14.2. The molecule has 9 heteroatoms. The second-order valence-electron chi connectivity index (χ2n) is 5.01. The summed E-state index contributed by atoms with van der Waals surface area (Å²) >= 11 is 5.69. The molecule has 0 aromatic carbocycles. The molecule has 3 heterocycles. The fourth-order valence-corrected chi connectivity index (χ4v) is 2.66. The molecular formula is C11H14ClN5O3. The van der Waals surface area contributed by atoms with Crippen molar-refractivity contribution in [3.05, 3.63) is 21.6 Å². The maximum absolute atomic E-state index is 10.9. The summed E-state index contributed by atoms with van der Waals surface area (Å²) in [6.07, 6.45) is 4.03. The molecule has 1 N–H and O–H groups in total. The lowest BCUT2D eigenvalue weighted by atomic mass is 9.85. The smallest absolute Gasteiger partial charge is 0.330 e. The quantitative estimate of drug-likeness (QED) is 0.515.